The SMILES string of the molecule is CC(C)(C)C(=O)OCn1nnc(SC2(OC(F)(F)F)C=CC(c3ccccc3)=CC2)c1C(=O)O. The van der Waals surface area contributed by atoms with E-state index in [1.165, 1.54) is 12.2 Å². The summed E-state index contributed by atoms with van der Waals surface area (Å²) in [6.07, 6.45) is -0.949. The van der Waals surface area contributed by atoms with Crippen LogP contribution in [-0.4, -0.2) is 43.3 Å². The highest BCUT2D eigenvalue weighted by molar-refractivity contribution is 8.00. The maximum atomic E-state index is 13.3. The molecule has 3 rings (SSSR count). The first-order chi connectivity index (χ1) is 15.8. The van der Waals surface area contributed by atoms with Crippen LogP contribution in [-0.2, 0) is 21.0 Å². The normalized spacial score (nSPS) is 18.5. The zero-order valence-corrected chi connectivity index (χ0v) is 19.3. The predicted molar refractivity (Wildman–Crippen MR) is 116 cm³/mol. The number of carbonyl (C=O) groups excluding carboxylic acids is 1. The van der Waals surface area contributed by atoms with Crippen LogP contribution in [0.4, 0.5) is 13.2 Å². The molecule has 0 bridgehead atoms. The number of nitrogens with zero attached hydrogens (tertiary/aromatic N) is 3. The van der Waals surface area contributed by atoms with Crippen molar-refractivity contribution < 1.29 is 37.3 Å². The van der Waals surface area contributed by atoms with Gasteiger partial charge in [0.2, 0.25) is 0 Å². The van der Waals surface area contributed by atoms with Gasteiger partial charge in [-0.15, -0.1) is 18.3 Å². The van der Waals surface area contributed by atoms with Gasteiger partial charge in [-0.2, -0.15) is 0 Å². The van der Waals surface area contributed by atoms with Gasteiger partial charge in [0, 0.05) is 6.42 Å². The number of carbonyl (C=O) groups is 2. The molecule has 0 aliphatic heterocycles. The molecule has 1 aromatic carbocycles. The number of benzene rings is 1. The molecule has 1 heterocycles. The Morgan fingerprint density at radius 3 is 2.41 bits per heavy atom. The minimum Gasteiger partial charge on any atom is -0.476 e. The summed E-state index contributed by atoms with van der Waals surface area (Å²) in [6.45, 7) is 4.27. The van der Waals surface area contributed by atoms with Crippen LogP contribution in [0.3, 0.4) is 0 Å². The molecule has 2 aromatic rings. The quantitative estimate of drug-likeness (QED) is 0.426. The molecule has 0 saturated heterocycles. The number of rotatable bonds is 7. The van der Waals surface area contributed by atoms with E-state index >= 15 is 0 Å². The lowest BCUT2D eigenvalue weighted by atomic mass is 9.98. The monoisotopic (exact) mass is 497 g/mol. The number of hydrogen-bond acceptors (Lipinski definition) is 7. The zero-order chi connectivity index (χ0) is 25.1. The van der Waals surface area contributed by atoms with Crippen molar-refractivity contribution in [2.24, 2.45) is 5.41 Å². The maximum Gasteiger partial charge on any atom is 0.524 e. The third kappa shape index (κ3) is 6.26. The Bertz CT molecular complexity index is 1120. The van der Waals surface area contributed by atoms with E-state index in [2.05, 4.69) is 15.0 Å². The number of ether oxygens (including phenoxy) is 2. The number of thioether (sulfide) groups is 1. The second-order valence-electron chi connectivity index (χ2n) is 8.38. The van der Waals surface area contributed by atoms with Crippen LogP contribution in [0.5, 0.6) is 0 Å². The van der Waals surface area contributed by atoms with Crippen LogP contribution in [0, 0.1) is 5.41 Å². The molecule has 0 fully saturated rings. The first-order valence-corrected chi connectivity index (χ1v) is 10.9. The van der Waals surface area contributed by atoms with Crippen molar-refractivity contribution in [3.63, 3.8) is 0 Å². The number of aromatic nitrogens is 3. The number of aromatic carboxylic acids is 1. The fourth-order valence-corrected chi connectivity index (χ4v) is 4.11. The molecule has 1 atom stereocenters. The van der Waals surface area contributed by atoms with Crippen LogP contribution in [0.25, 0.3) is 5.57 Å². The number of esters is 1. The van der Waals surface area contributed by atoms with Gasteiger partial charge in [0.15, 0.2) is 22.4 Å². The molecule has 1 N–H and O–H groups in total. The van der Waals surface area contributed by atoms with Gasteiger partial charge in [-0.25, -0.2) is 9.48 Å². The molecule has 0 amide bonds. The summed E-state index contributed by atoms with van der Waals surface area (Å²) in [6, 6.07) is 9.05. The summed E-state index contributed by atoms with van der Waals surface area (Å²) in [4.78, 5) is 21.9. The Balaban J connectivity index is 1.88. The average Bonchev–Trinajstić information content (AvgIpc) is 3.13. The number of alkyl halides is 3. The Morgan fingerprint density at radius 2 is 1.88 bits per heavy atom. The predicted octanol–water partition coefficient (Wildman–Crippen LogP) is 4.89. The molecule has 34 heavy (non-hydrogen) atoms. The molecular weight excluding hydrogens is 475 g/mol. The number of halogens is 3. The fraction of sp³-hybridized carbons (Fsp3) is 0.364. The Morgan fingerprint density at radius 1 is 1.21 bits per heavy atom. The third-order valence-electron chi connectivity index (χ3n) is 4.63. The van der Waals surface area contributed by atoms with Gasteiger partial charge in [0.05, 0.1) is 5.41 Å². The van der Waals surface area contributed by atoms with Gasteiger partial charge >= 0.3 is 18.3 Å². The van der Waals surface area contributed by atoms with E-state index < -0.39 is 41.1 Å². The lowest BCUT2D eigenvalue weighted by Gasteiger charge is -2.31. The molecule has 1 unspecified atom stereocenters. The molecular formula is C22H22F3N3O5S. The summed E-state index contributed by atoms with van der Waals surface area (Å²) >= 11 is 0.462. The Kier molecular flexibility index (Phi) is 7.22. The summed E-state index contributed by atoms with van der Waals surface area (Å²) in [7, 11) is 0. The highest BCUT2D eigenvalue weighted by Gasteiger charge is 2.45. The van der Waals surface area contributed by atoms with E-state index in [1.54, 1.807) is 39.0 Å². The largest absolute Gasteiger partial charge is 0.524 e. The summed E-state index contributed by atoms with van der Waals surface area (Å²) in [5.41, 5.74) is 0.131. The van der Waals surface area contributed by atoms with E-state index in [1.807, 2.05) is 18.2 Å². The van der Waals surface area contributed by atoms with Crippen LogP contribution in [0.1, 0.15) is 43.2 Å². The van der Waals surface area contributed by atoms with Crippen molar-refractivity contribution in [3.8, 4) is 0 Å². The van der Waals surface area contributed by atoms with Gasteiger partial charge in [-0.1, -0.05) is 59.5 Å². The molecule has 0 spiro atoms. The fourth-order valence-electron chi connectivity index (χ4n) is 2.98. The van der Waals surface area contributed by atoms with E-state index in [4.69, 9.17) is 4.74 Å². The molecule has 12 heteroatoms. The minimum atomic E-state index is -5.00. The van der Waals surface area contributed by atoms with Crippen molar-refractivity contribution in [1.29, 1.82) is 0 Å². The molecule has 1 aliphatic carbocycles. The zero-order valence-electron chi connectivity index (χ0n) is 18.5. The highest BCUT2D eigenvalue weighted by Crippen LogP contribution is 2.45. The molecule has 0 radical (unpaired) electrons. The highest BCUT2D eigenvalue weighted by atomic mass is 32.2. The van der Waals surface area contributed by atoms with Gasteiger partial charge < -0.3 is 9.84 Å². The van der Waals surface area contributed by atoms with Crippen molar-refractivity contribution >= 4 is 29.3 Å². The van der Waals surface area contributed by atoms with Gasteiger partial charge in [0.1, 0.15) is 0 Å². The first-order valence-electron chi connectivity index (χ1n) is 10.0. The number of carboxylic acid groups (broad SMARTS) is 1. The van der Waals surface area contributed by atoms with Crippen molar-refractivity contribution in [2.45, 2.75) is 50.2 Å². The maximum absolute atomic E-state index is 13.3. The van der Waals surface area contributed by atoms with Crippen molar-refractivity contribution in [1.82, 2.24) is 15.0 Å². The van der Waals surface area contributed by atoms with Crippen LogP contribution in [0.15, 0.2) is 53.6 Å². The van der Waals surface area contributed by atoms with Crippen molar-refractivity contribution in [2.75, 3.05) is 0 Å². The lowest BCUT2D eigenvalue weighted by Crippen LogP contribution is -2.34. The standard InChI is InChI=1S/C22H22F3N3O5S/c1-20(2,3)19(31)32-13-28-16(18(29)30)17(26-27-28)34-21(33-22(23,24)25)11-9-15(10-12-21)14-7-5-4-6-8-14/h4-11H,12-13H2,1-3H3,(H,29,30). The van der Waals surface area contributed by atoms with E-state index in [9.17, 15) is 27.9 Å². The number of carboxylic acids is 1. The number of hydrogen-bond donors (Lipinski definition) is 1. The molecule has 0 saturated carbocycles. The van der Waals surface area contributed by atoms with Gasteiger partial charge in [-0.3, -0.25) is 9.53 Å². The van der Waals surface area contributed by atoms with Crippen LogP contribution >= 0.6 is 11.8 Å². The Hall–Kier alpha value is -3.12. The topological polar surface area (TPSA) is 104 Å². The van der Waals surface area contributed by atoms with Gasteiger partial charge in [-0.05, 0) is 38.0 Å². The second kappa shape index (κ2) is 9.63. The average molecular weight is 497 g/mol. The molecule has 182 valence electrons. The number of allylic oxidation sites excluding steroid dienone is 2. The smallest absolute Gasteiger partial charge is 0.476 e. The summed E-state index contributed by atoms with van der Waals surface area (Å²) < 4.78 is 50.2. The van der Waals surface area contributed by atoms with Crippen molar-refractivity contribution in [3.05, 3.63) is 59.8 Å². The van der Waals surface area contributed by atoms with E-state index in [-0.39, 0.29) is 11.4 Å². The minimum absolute atomic E-state index is 0.219. The van der Waals surface area contributed by atoms with Gasteiger partial charge in [0.25, 0.3) is 0 Å². The van der Waals surface area contributed by atoms with Crippen LogP contribution < -0.4 is 0 Å². The summed E-state index contributed by atoms with van der Waals surface area (Å²) in [5, 5.41) is 16.7. The van der Waals surface area contributed by atoms with E-state index in [0.717, 1.165) is 10.2 Å². The van der Waals surface area contributed by atoms with E-state index in [0.29, 0.717) is 17.3 Å². The molecule has 1 aliphatic rings. The molecule has 8 nitrogen and oxygen atoms in total. The summed E-state index contributed by atoms with van der Waals surface area (Å²) in [5.74, 6) is -2.11. The van der Waals surface area contributed by atoms with Crippen LogP contribution in [0.2, 0.25) is 0 Å². The second-order valence-corrected chi connectivity index (χ2v) is 9.67. The first kappa shape index (κ1) is 25.5. The molecule has 1 aromatic heterocycles. The lowest BCUT2D eigenvalue weighted by molar-refractivity contribution is -0.342. The Labute approximate surface area is 197 Å². The third-order valence-corrected chi connectivity index (χ3v) is 5.83.